The summed E-state index contributed by atoms with van der Waals surface area (Å²) in [6.45, 7) is 6.24. The zero-order valence-corrected chi connectivity index (χ0v) is 26.2. The molecule has 0 spiro atoms. The minimum atomic E-state index is -1.33. The topological polar surface area (TPSA) is 152 Å². The van der Waals surface area contributed by atoms with Gasteiger partial charge in [0.1, 0.15) is 24.4 Å². The lowest BCUT2D eigenvalue weighted by atomic mass is 9.44. The highest BCUT2D eigenvalue weighted by Crippen LogP contribution is 2.70. The van der Waals surface area contributed by atoms with E-state index >= 15 is 0 Å². The molecule has 3 heterocycles. The summed E-state index contributed by atoms with van der Waals surface area (Å²) in [4.78, 5) is 25.0. The summed E-state index contributed by atoms with van der Waals surface area (Å²) in [5.74, 6) is -1.27. The predicted octanol–water partition coefficient (Wildman–Crippen LogP) is 2.55. The molecule has 2 bridgehead atoms. The van der Waals surface area contributed by atoms with Crippen LogP contribution in [0.25, 0.3) is 0 Å². The van der Waals surface area contributed by atoms with Crippen LogP contribution in [0.1, 0.15) is 78.6 Å². The van der Waals surface area contributed by atoms with Crippen LogP contribution in [0.5, 0.6) is 0 Å². The van der Waals surface area contributed by atoms with Crippen molar-refractivity contribution < 1.29 is 49.0 Å². The molecule has 15 atom stereocenters. The van der Waals surface area contributed by atoms with Gasteiger partial charge < -0.3 is 39.4 Å². The molecule has 2 saturated heterocycles. The lowest BCUT2D eigenvalue weighted by Gasteiger charge is -2.62. The molecule has 3 aliphatic heterocycles. The Morgan fingerprint density at radius 2 is 1.75 bits per heavy atom. The number of rotatable bonds is 4. The van der Waals surface area contributed by atoms with Gasteiger partial charge in [-0.1, -0.05) is 31.6 Å². The maximum Gasteiger partial charge on any atom is 0.314 e. The summed E-state index contributed by atoms with van der Waals surface area (Å²) in [5, 5.41) is 43.5. The van der Waals surface area contributed by atoms with Crippen molar-refractivity contribution in [2.45, 2.75) is 127 Å². The van der Waals surface area contributed by atoms with Crippen LogP contribution in [0, 0.1) is 40.4 Å². The van der Waals surface area contributed by atoms with E-state index in [1.54, 1.807) is 6.92 Å². The fourth-order valence-corrected chi connectivity index (χ4v) is 10.9. The predicted molar refractivity (Wildman–Crippen MR) is 155 cm³/mol. The molecule has 8 aliphatic rings. The van der Waals surface area contributed by atoms with Crippen molar-refractivity contribution >= 4 is 11.9 Å². The number of fused-ring (bicyclic) bond motifs is 7. The Kier molecular flexibility index (Phi) is 7.43. The Labute approximate surface area is 258 Å². The first-order valence-electron chi connectivity index (χ1n) is 16.6. The smallest absolute Gasteiger partial charge is 0.314 e. The van der Waals surface area contributed by atoms with Crippen LogP contribution in [-0.2, 0) is 28.5 Å². The largest absolute Gasteiger partial charge is 0.469 e. The van der Waals surface area contributed by atoms with E-state index in [0.717, 1.165) is 50.5 Å². The first-order valence-corrected chi connectivity index (χ1v) is 16.6. The van der Waals surface area contributed by atoms with Gasteiger partial charge in [-0.2, -0.15) is 0 Å². The number of carbonyl (C=O) groups is 2. The van der Waals surface area contributed by atoms with Gasteiger partial charge >= 0.3 is 11.9 Å². The number of esters is 2. The monoisotopic (exact) mass is 616 g/mol. The zero-order valence-electron chi connectivity index (χ0n) is 26.2. The average molecular weight is 617 g/mol. The Hall–Kier alpha value is -1.82. The van der Waals surface area contributed by atoms with Gasteiger partial charge in [-0.15, -0.1) is 0 Å². The highest BCUT2D eigenvalue weighted by Gasteiger charge is 2.68. The number of aliphatic hydroxyl groups excluding tert-OH is 3. The standard InChI is InChI=1S/C34H48O10/c1-16-26(35)27(36)28(37)31(42-16)43-18-7-10-32(2)17(13-18)5-6-24-23(32)8-11-33(3)22(9-12-34(24,33)40)21-14-19-20(29(38)41-4)15-25(21)44-30(19)39/h13-14,16,18-20,22-28,31,35-37,40H,5-12,15H2,1-4H3/t16-,18-,19+,20+,22+,23-,24+,25+,26-,27+,28+,31-,32-,33+,34-/m0/s1. The molecule has 0 aromatic heterocycles. The number of aliphatic hydroxyl groups is 4. The second kappa shape index (κ2) is 10.6. The zero-order chi connectivity index (χ0) is 31.3. The van der Waals surface area contributed by atoms with Crippen LogP contribution in [0.3, 0.4) is 0 Å². The van der Waals surface area contributed by atoms with Crippen molar-refractivity contribution in [3.8, 4) is 0 Å². The summed E-state index contributed by atoms with van der Waals surface area (Å²) in [7, 11) is 1.36. The van der Waals surface area contributed by atoms with Crippen LogP contribution in [0.15, 0.2) is 23.3 Å². The number of carbonyl (C=O) groups excluding carboxylic acids is 2. The Balaban J connectivity index is 1.10. The molecular weight excluding hydrogens is 568 g/mol. The van der Waals surface area contributed by atoms with Crippen molar-refractivity contribution in [1.29, 1.82) is 0 Å². The molecular formula is C34H48O10. The molecule has 8 rings (SSSR count). The molecule has 0 amide bonds. The van der Waals surface area contributed by atoms with Crippen LogP contribution in [0.2, 0.25) is 0 Å². The minimum absolute atomic E-state index is 0.0700. The molecule has 10 nitrogen and oxygen atoms in total. The van der Waals surface area contributed by atoms with E-state index in [1.807, 2.05) is 6.08 Å². The Morgan fingerprint density at radius 3 is 2.48 bits per heavy atom. The summed E-state index contributed by atoms with van der Waals surface area (Å²) < 4.78 is 22.7. The van der Waals surface area contributed by atoms with E-state index in [1.165, 1.54) is 12.7 Å². The van der Waals surface area contributed by atoms with Gasteiger partial charge in [0, 0.05) is 11.8 Å². The molecule has 0 radical (unpaired) electrons. The van der Waals surface area contributed by atoms with Crippen LogP contribution in [-0.4, -0.2) is 88.0 Å². The molecule has 0 aromatic rings. The van der Waals surface area contributed by atoms with Gasteiger partial charge in [0.15, 0.2) is 6.29 Å². The highest BCUT2D eigenvalue weighted by atomic mass is 16.7. The van der Waals surface area contributed by atoms with Crippen molar-refractivity contribution in [2.75, 3.05) is 7.11 Å². The maximum absolute atomic E-state index is 12.7. The Morgan fingerprint density at radius 1 is 0.977 bits per heavy atom. The van der Waals surface area contributed by atoms with Gasteiger partial charge in [0.25, 0.3) is 0 Å². The quantitative estimate of drug-likeness (QED) is 0.274. The average Bonchev–Trinajstić information content (AvgIpc) is 3.29. The Bertz CT molecular complexity index is 1260. The van der Waals surface area contributed by atoms with Crippen LogP contribution >= 0.6 is 0 Å². The molecule has 4 N–H and O–H groups in total. The van der Waals surface area contributed by atoms with Crippen LogP contribution in [0.4, 0.5) is 0 Å². The first-order chi connectivity index (χ1) is 20.8. The molecule has 10 heteroatoms. The second-order valence-electron chi connectivity index (χ2n) is 15.2. The molecule has 5 fully saturated rings. The first kappa shape index (κ1) is 30.8. The number of methoxy groups -OCH3 is 1. The normalized spacial score (nSPS) is 53.0. The summed E-state index contributed by atoms with van der Waals surface area (Å²) >= 11 is 0. The van der Waals surface area contributed by atoms with Gasteiger partial charge in [-0.25, -0.2) is 0 Å². The third-order valence-electron chi connectivity index (χ3n) is 13.5. The number of allylic oxidation sites excluding steroid dienone is 1. The molecule has 0 unspecified atom stereocenters. The van der Waals surface area contributed by atoms with Gasteiger partial charge in [-0.3, -0.25) is 9.59 Å². The van der Waals surface area contributed by atoms with Crippen molar-refractivity contribution in [3.63, 3.8) is 0 Å². The molecule has 0 aromatic carbocycles. The van der Waals surface area contributed by atoms with Crippen molar-refractivity contribution in [3.05, 3.63) is 23.3 Å². The third-order valence-corrected chi connectivity index (χ3v) is 13.5. The van der Waals surface area contributed by atoms with E-state index in [-0.39, 0.29) is 40.7 Å². The van der Waals surface area contributed by atoms with Crippen molar-refractivity contribution in [1.82, 2.24) is 0 Å². The summed E-state index contributed by atoms with van der Waals surface area (Å²) in [6, 6.07) is 0. The van der Waals surface area contributed by atoms with Gasteiger partial charge in [0.05, 0.1) is 36.8 Å². The third kappa shape index (κ3) is 4.27. The fraction of sp³-hybridized carbons (Fsp3) is 0.824. The number of hydrogen-bond acceptors (Lipinski definition) is 10. The van der Waals surface area contributed by atoms with Crippen LogP contribution < -0.4 is 0 Å². The van der Waals surface area contributed by atoms with E-state index in [0.29, 0.717) is 18.8 Å². The fourth-order valence-electron chi connectivity index (χ4n) is 10.9. The maximum atomic E-state index is 12.7. The molecule has 244 valence electrons. The lowest BCUT2D eigenvalue weighted by molar-refractivity contribution is -0.301. The highest BCUT2D eigenvalue weighted by molar-refractivity contribution is 5.86. The van der Waals surface area contributed by atoms with E-state index < -0.39 is 54.2 Å². The van der Waals surface area contributed by atoms with Gasteiger partial charge in [-0.05, 0) is 87.0 Å². The lowest BCUT2D eigenvalue weighted by Crippen LogP contribution is -2.61. The second-order valence-corrected chi connectivity index (χ2v) is 15.2. The van der Waals surface area contributed by atoms with E-state index in [4.69, 9.17) is 18.9 Å². The van der Waals surface area contributed by atoms with E-state index in [2.05, 4.69) is 19.9 Å². The molecule has 44 heavy (non-hydrogen) atoms. The number of hydrogen-bond donors (Lipinski definition) is 4. The molecule has 5 aliphatic carbocycles. The van der Waals surface area contributed by atoms with Gasteiger partial charge in [0.2, 0.25) is 0 Å². The summed E-state index contributed by atoms with van der Waals surface area (Å²) in [5.41, 5.74) is 1.17. The molecule has 3 saturated carbocycles. The SMILES string of the molecule is COC(=O)[C@@H]1C[C@H]2OC(=O)[C@@H]1C=C2[C@H]1CC[C@]2(O)[C@@H]3CCC4=C[C@@H](O[C@@H]5O[C@@H](C)[C@H](O)[C@@H](O)[C@H]5O)CC[C@]4(C)[C@H]3CC[C@]12C. The van der Waals surface area contributed by atoms with E-state index in [9.17, 15) is 30.0 Å². The number of ether oxygens (including phenoxy) is 4. The summed E-state index contributed by atoms with van der Waals surface area (Å²) in [6.07, 6.45) is 5.23. The minimum Gasteiger partial charge on any atom is -0.469 e. The van der Waals surface area contributed by atoms with Crippen molar-refractivity contribution in [2.24, 2.45) is 40.4 Å².